The average Bonchev–Trinajstić information content (AvgIpc) is 3.44. The van der Waals surface area contributed by atoms with E-state index in [2.05, 4.69) is 73.7 Å². The van der Waals surface area contributed by atoms with Gasteiger partial charge in [-0.1, -0.05) is 37.3 Å². The number of benzene rings is 1. The first-order valence-corrected chi connectivity index (χ1v) is 11.2. The molecule has 3 heterocycles. The van der Waals surface area contributed by atoms with Crippen LogP contribution < -0.4 is 5.32 Å². The monoisotopic (exact) mass is 536 g/mol. The summed E-state index contributed by atoms with van der Waals surface area (Å²) in [5, 5.41) is 13.9. The van der Waals surface area contributed by atoms with Crippen molar-refractivity contribution in [3.63, 3.8) is 0 Å². The molecular weight excluding hydrogens is 507 g/mol. The maximum absolute atomic E-state index is 4.95. The number of guanidine groups is 1. The predicted molar refractivity (Wildman–Crippen MR) is 134 cm³/mol. The third-order valence-electron chi connectivity index (χ3n) is 5.28. The van der Waals surface area contributed by atoms with Crippen LogP contribution in [-0.2, 0) is 32.4 Å². The van der Waals surface area contributed by atoms with Gasteiger partial charge in [0.05, 0.1) is 0 Å². The molecule has 0 bridgehead atoms. The van der Waals surface area contributed by atoms with Crippen molar-refractivity contribution >= 4 is 41.3 Å². The van der Waals surface area contributed by atoms with Crippen LogP contribution in [0.2, 0.25) is 0 Å². The maximum Gasteiger partial charge on any atom is 0.194 e. The highest BCUT2D eigenvalue weighted by Gasteiger charge is 2.19. The minimum Gasteiger partial charge on any atom is -0.354 e. The molecule has 8 heteroatoms. The van der Waals surface area contributed by atoms with Crippen LogP contribution in [0.25, 0.3) is 0 Å². The molecule has 4 rings (SSSR count). The summed E-state index contributed by atoms with van der Waals surface area (Å²) in [6.07, 6.45) is 4.75. The lowest BCUT2D eigenvalue weighted by molar-refractivity contribution is 0.376. The van der Waals surface area contributed by atoms with Crippen LogP contribution in [0.3, 0.4) is 0 Å². The van der Waals surface area contributed by atoms with E-state index in [1.165, 1.54) is 16.0 Å². The number of aliphatic imine (C=N–C) groups is 1. The van der Waals surface area contributed by atoms with E-state index < -0.39 is 0 Å². The van der Waals surface area contributed by atoms with E-state index >= 15 is 0 Å². The highest BCUT2D eigenvalue weighted by atomic mass is 127. The van der Waals surface area contributed by atoms with Gasteiger partial charge in [0.1, 0.15) is 12.2 Å². The number of nitrogens with one attached hydrogen (secondary N) is 1. The van der Waals surface area contributed by atoms with Gasteiger partial charge in [-0.05, 0) is 29.0 Å². The largest absolute Gasteiger partial charge is 0.354 e. The molecule has 6 nitrogen and oxygen atoms in total. The smallest absolute Gasteiger partial charge is 0.194 e. The van der Waals surface area contributed by atoms with Crippen LogP contribution >= 0.6 is 35.3 Å². The van der Waals surface area contributed by atoms with E-state index in [-0.39, 0.29) is 24.0 Å². The molecule has 1 N–H and O–H groups in total. The number of rotatable bonds is 7. The number of halogens is 1. The van der Waals surface area contributed by atoms with E-state index in [9.17, 15) is 0 Å². The zero-order chi connectivity index (χ0) is 19.9. The van der Waals surface area contributed by atoms with Crippen LogP contribution in [0.1, 0.15) is 28.8 Å². The van der Waals surface area contributed by atoms with Gasteiger partial charge >= 0.3 is 0 Å². The molecule has 30 heavy (non-hydrogen) atoms. The standard InChI is InChI=1S/C22H28N6S.HI/c1-2-21-26-25-17-28(21)14-12-24-22(23-11-9-20-8-5-15-29-20)27-13-10-18-6-3-4-7-19(18)16-27;/h3-8,15,17H,2,9-14,16H2,1H3,(H,23,24);1H. The quantitative estimate of drug-likeness (QED) is 0.284. The average molecular weight is 536 g/mol. The first-order valence-electron chi connectivity index (χ1n) is 10.3. The second kappa shape index (κ2) is 11.5. The zero-order valence-electron chi connectivity index (χ0n) is 17.3. The molecule has 0 aliphatic carbocycles. The first kappa shape index (κ1) is 22.7. The van der Waals surface area contributed by atoms with E-state index in [0.29, 0.717) is 0 Å². The number of thiophene rings is 1. The fourth-order valence-corrected chi connectivity index (χ4v) is 4.40. The molecular formula is C22H29IN6S. The summed E-state index contributed by atoms with van der Waals surface area (Å²) in [6.45, 7) is 6.46. The van der Waals surface area contributed by atoms with Crippen molar-refractivity contribution in [3.05, 3.63) is 69.9 Å². The molecule has 0 saturated heterocycles. The Labute approximate surface area is 199 Å². The van der Waals surface area contributed by atoms with Crippen LogP contribution in [0, 0.1) is 0 Å². The fraction of sp³-hybridized carbons (Fsp3) is 0.409. The van der Waals surface area contributed by atoms with Crippen molar-refractivity contribution in [1.82, 2.24) is 25.0 Å². The van der Waals surface area contributed by atoms with Gasteiger partial charge in [0.15, 0.2) is 5.96 Å². The summed E-state index contributed by atoms with van der Waals surface area (Å²) in [5.74, 6) is 2.03. The Bertz CT molecular complexity index is 937. The molecule has 3 aromatic rings. The molecule has 0 unspecified atom stereocenters. The normalized spacial score (nSPS) is 13.6. The molecule has 0 saturated carbocycles. The maximum atomic E-state index is 4.95. The number of aromatic nitrogens is 3. The number of fused-ring (bicyclic) bond motifs is 1. The summed E-state index contributed by atoms with van der Waals surface area (Å²) in [4.78, 5) is 8.72. The Morgan fingerprint density at radius 3 is 2.87 bits per heavy atom. The van der Waals surface area contributed by atoms with Gasteiger partial charge in [0, 0.05) is 50.4 Å². The van der Waals surface area contributed by atoms with Crippen molar-refractivity contribution in [2.24, 2.45) is 4.99 Å². The summed E-state index contributed by atoms with van der Waals surface area (Å²) in [6, 6.07) is 13.0. The van der Waals surface area contributed by atoms with Gasteiger partial charge < -0.3 is 14.8 Å². The Morgan fingerprint density at radius 1 is 1.20 bits per heavy atom. The van der Waals surface area contributed by atoms with Crippen molar-refractivity contribution in [2.45, 2.75) is 39.3 Å². The van der Waals surface area contributed by atoms with Gasteiger partial charge in [0.2, 0.25) is 0 Å². The lowest BCUT2D eigenvalue weighted by Gasteiger charge is -2.32. The Hall–Kier alpha value is -1.94. The molecule has 160 valence electrons. The molecule has 0 spiro atoms. The van der Waals surface area contributed by atoms with Crippen LogP contribution in [0.4, 0.5) is 0 Å². The van der Waals surface area contributed by atoms with E-state index in [4.69, 9.17) is 4.99 Å². The topological polar surface area (TPSA) is 58.3 Å². The molecule has 1 aromatic carbocycles. The van der Waals surface area contributed by atoms with Gasteiger partial charge in [-0.3, -0.25) is 4.99 Å². The number of hydrogen-bond acceptors (Lipinski definition) is 4. The SMILES string of the molecule is CCc1nncn1CCNC(=NCCc1cccs1)N1CCc2ccccc2C1.I. The third kappa shape index (κ3) is 5.81. The minimum atomic E-state index is 0. The molecule has 0 atom stereocenters. The van der Waals surface area contributed by atoms with Crippen LogP contribution in [-0.4, -0.2) is 45.3 Å². The van der Waals surface area contributed by atoms with E-state index in [1.807, 2.05) is 6.33 Å². The summed E-state index contributed by atoms with van der Waals surface area (Å²) < 4.78 is 2.11. The Morgan fingerprint density at radius 2 is 2.07 bits per heavy atom. The molecule has 2 aromatic heterocycles. The second-order valence-electron chi connectivity index (χ2n) is 7.20. The summed E-state index contributed by atoms with van der Waals surface area (Å²) >= 11 is 1.80. The van der Waals surface area contributed by atoms with Crippen molar-refractivity contribution < 1.29 is 0 Å². The first-order chi connectivity index (χ1) is 14.3. The van der Waals surface area contributed by atoms with E-state index in [0.717, 1.165) is 63.8 Å². The summed E-state index contributed by atoms with van der Waals surface area (Å²) in [5.41, 5.74) is 2.86. The van der Waals surface area contributed by atoms with Crippen molar-refractivity contribution in [2.75, 3.05) is 19.6 Å². The van der Waals surface area contributed by atoms with Gasteiger partial charge in [-0.25, -0.2) is 0 Å². The molecule has 0 fully saturated rings. The van der Waals surface area contributed by atoms with Crippen LogP contribution in [0.15, 0.2) is 53.1 Å². The number of aryl methyl sites for hydroxylation is 1. The van der Waals surface area contributed by atoms with E-state index in [1.54, 1.807) is 11.3 Å². The van der Waals surface area contributed by atoms with Crippen LogP contribution in [0.5, 0.6) is 0 Å². The Balaban J connectivity index is 0.00000256. The minimum absolute atomic E-state index is 0. The lowest BCUT2D eigenvalue weighted by atomic mass is 10.0. The molecule has 1 aliphatic rings. The summed E-state index contributed by atoms with van der Waals surface area (Å²) in [7, 11) is 0. The third-order valence-corrected chi connectivity index (χ3v) is 6.21. The van der Waals surface area contributed by atoms with Crippen molar-refractivity contribution in [1.29, 1.82) is 0 Å². The molecule has 0 amide bonds. The molecule has 0 radical (unpaired) electrons. The number of nitrogens with zero attached hydrogens (tertiary/aromatic N) is 5. The Kier molecular flexibility index (Phi) is 8.68. The van der Waals surface area contributed by atoms with Gasteiger partial charge in [0.25, 0.3) is 0 Å². The highest BCUT2D eigenvalue weighted by Crippen LogP contribution is 2.18. The second-order valence-corrected chi connectivity index (χ2v) is 8.23. The van der Waals surface area contributed by atoms with Gasteiger partial charge in [-0.15, -0.1) is 45.5 Å². The van der Waals surface area contributed by atoms with Gasteiger partial charge in [-0.2, -0.15) is 0 Å². The highest BCUT2D eigenvalue weighted by molar-refractivity contribution is 14.0. The predicted octanol–water partition coefficient (Wildman–Crippen LogP) is 3.77. The number of hydrogen-bond donors (Lipinski definition) is 1. The zero-order valence-corrected chi connectivity index (χ0v) is 20.5. The fourth-order valence-electron chi connectivity index (χ4n) is 3.70. The molecule has 1 aliphatic heterocycles. The lowest BCUT2D eigenvalue weighted by Crippen LogP contribution is -2.45. The van der Waals surface area contributed by atoms with Crippen molar-refractivity contribution in [3.8, 4) is 0 Å².